The minimum absolute atomic E-state index is 0. The second kappa shape index (κ2) is 7.97. The molecule has 2 unspecified atom stereocenters. The number of carbonyl (C=O) groups is 1. The molecule has 2 fully saturated rings. The lowest BCUT2D eigenvalue weighted by molar-refractivity contribution is 0.0748. The number of alkyl halides is 2. The zero-order chi connectivity index (χ0) is 17.3. The molecule has 2 aliphatic heterocycles. The Balaban J connectivity index is 0.00000225. The second-order valence-corrected chi connectivity index (χ2v) is 8.41. The Hall–Kier alpha value is -1.25. The first-order valence-corrected chi connectivity index (χ1v) is 9.71. The van der Waals surface area contributed by atoms with Crippen molar-refractivity contribution in [1.82, 2.24) is 10.2 Å². The maximum Gasteiger partial charge on any atom is 0.337 e. The van der Waals surface area contributed by atoms with E-state index >= 15 is 0 Å². The Bertz CT molecular complexity index is 713. The molecule has 2 heterocycles. The first kappa shape index (κ1) is 20.1. The second-order valence-electron chi connectivity index (χ2n) is 6.44. The number of carbonyl (C=O) groups excluding carboxylic acids is 1. The molecule has 0 aliphatic carbocycles. The normalized spacial score (nSPS) is 23.2. The molecule has 2 atom stereocenters. The Morgan fingerprint density at radius 3 is 2.44 bits per heavy atom. The summed E-state index contributed by atoms with van der Waals surface area (Å²) in [5.74, 6) is -4.22. The van der Waals surface area contributed by atoms with Crippen molar-refractivity contribution in [3.8, 4) is 0 Å². The van der Waals surface area contributed by atoms with Crippen LogP contribution in [0.1, 0.15) is 35.2 Å². The molecule has 5 nitrogen and oxygen atoms in total. The fourth-order valence-electron chi connectivity index (χ4n) is 3.35. The van der Waals surface area contributed by atoms with Gasteiger partial charge in [0.2, 0.25) is 9.84 Å². The highest BCUT2D eigenvalue weighted by Crippen LogP contribution is 2.22. The van der Waals surface area contributed by atoms with Crippen LogP contribution in [-0.4, -0.2) is 50.2 Å². The van der Waals surface area contributed by atoms with Gasteiger partial charge in [0.1, 0.15) is 0 Å². The minimum Gasteiger partial charge on any atom is -0.337 e. The van der Waals surface area contributed by atoms with E-state index in [0.29, 0.717) is 30.7 Å². The van der Waals surface area contributed by atoms with Crippen LogP contribution in [0, 0.1) is 0 Å². The summed E-state index contributed by atoms with van der Waals surface area (Å²) in [4.78, 5) is 14.4. The zero-order valence-corrected chi connectivity index (χ0v) is 15.2. The molecule has 140 valence electrons. The monoisotopic (exact) mass is 394 g/mol. The Morgan fingerprint density at radius 1 is 1.16 bits per heavy atom. The molecule has 9 heteroatoms. The topological polar surface area (TPSA) is 66.5 Å². The van der Waals surface area contributed by atoms with E-state index in [1.165, 1.54) is 24.3 Å². The molecule has 25 heavy (non-hydrogen) atoms. The molecular weight excluding hydrogens is 374 g/mol. The molecule has 0 spiro atoms. The third-order valence-electron chi connectivity index (χ3n) is 4.65. The number of amides is 1. The molecule has 0 aromatic heterocycles. The summed E-state index contributed by atoms with van der Waals surface area (Å²) < 4.78 is 47.3. The largest absolute Gasteiger partial charge is 0.337 e. The van der Waals surface area contributed by atoms with Crippen LogP contribution in [0.5, 0.6) is 0 Å². The molecule has 1 N–H and O–H groups in total. The number of halogens is 3. The average Bonchev–Trinajstić information content (AvgIpc) is 2.86. The molecule has 2 saturated heterocycles. The Labute approximate surface area is 152 Å². The molecule has 0 saturated carbocycles. The lowest BCUT2D eigenvalue weighted by Gasteiger charge is -2.24. The van der Waals surface area contributed by atoms with Crippen molar-refractivity contribution < 1.29 is 22.0 Å². The third kappa shape index (κ3) is 4.68. The fraction of sp³-hybridized carbons (Fsp3) is 0.562. The highest BCUT2D eigenvalue weighted by atomic mass is 35.5. The van der Waals surface area contributed by atoms with E-state index in [4.69, 9.17) is 0 Å². The van der Waals surface area contributed by atoms with E-state index in [-0.39, 0.29) is 23.9 Å². The number of rotatable bonds is 4. The quantitative estimate of drug-likeness (QED) is 0.850. The summed E-state index contributed by atoms with van der Waals surface area (Å²) in [6.45, 7) is 1.35. The van der Waals surface area contributed by atoms with Gasteiger partial charge in [-0.2, -0.15) is 8.78 Å². The molecule has 0 radical (unpaired) electrons. The first-order chi connectivity index (χ1) is 11.3. The van der Waals surface area contributed by atoms with Crippen LogP contribution in [0.25, 0.3) is 0 Å². The van der Waals surface area contributed by atoms with Crippen LogP contribution < -0.4 is 5.32 Å². The lowest BCUT2D eigenvalue weighted by atomic mass is 10.1. The molecule has 1 aromatic rings. The van der Waals surface area contributed by atoms with E-state index < -0.39 is 21.3 Å². The Morgan fingerprint density at radius 2 is 1.80 bits per heavy atom. The number of nitrogens with zero attached hydrogens (tertiary/aromatic N) is 1. The summed E-state index contributed by atoms with van der Waals surface area (Å²) in [6, 6.07) is 6.68. The maximum absolute atomic E-state index is 12.6. The highest BCUT2D eigenvalue weighted by molar-refractivity contribution is 7.90. The highest BCUT2D eigenvalue weighted by Gasteiger charge is 2.31. The van der Waals surface area contributed by atoms with E-state index in [1.807, 2.05) is 4.90 Å². The van der Waals surface area contributed by atoms with Crippen molar-refractivity contribution in [2.45, 2.75) is 42.9 Å². The summed E-state index contributed by atoms with van der Waals surface area (Å²) in [5.41, 5.74) is 0.703. The minimum atomic E-state index is -4.45. The van der Waals surface area contributed by atoms with Gasteiger partial charge in [-0.05, 0) is 37.0 Å². The van der Waals surface area contributed by atoms with Gasteiger partial charge in [0, 0.05) is 30.7 Å². The molecule has 3 rings (SSSR count). The number of nitrogens with one attached hydrogen (secondary N) is 1. The van der Waals surface area contributed by atoms with Gasteiger partial charge >= 0.3 is 5.76 Å². The number of hydrogen-bond donors (Lipinski definition) is 1. The van der Waals surface area contributed by atoms with Gasteiger partial charge in [-0.3, -0.25) is 4.79 Å². The summed E-state index contributed by atoms with van der Waals surface area (Å²) >= 11 is 0. The van der Waals surface area contributed by atoms with Crippen LogP contribution >= 0.6 is 12.4 Å². The van der Waals surface area contributed by atoms with Gasteiger partial charge in [0.15, 0.2) is 0 Å². The van der Waals surface area contributed by atoms with Crippen molar-refractivity contribution in [3.63, 3.8) is 0 Å². The van der Waals surface area contributed by atoms with Crippen molar-refractivity contribution in [3.05, 3.63) is 35.4 Å². The number of hydrogen-bond acceptors (Lipinski definition) is 4. The predicted molar refractivity (Wildman–Crippen MR) is 92.8 cm³/mol. The molecule has 1 aromatic carbocycles. The summed E-state index contributed by atoms with van der Waals surface area (Å²) in [6.07, 6.45) is 3.14. The van der Waals surface area contributed by atoms with Gasteiger partial charge in [-0.25, -0.2) is 8.42 Å². The lowest BCUT2D eigenvalue weighted by Crippen LogP contribution is -2.39. The van der Waals surface area contributed by atoms with E-state index in [2.05, 4.69) is 5.32 Å². The van der Waals surface area contributed by atoms with Crippen LogP contribution in [0.2, 0.25) is 0 Å². The van der Waals surface area contributed by atoms with Crippen molar-refractivity contribution in [1.29, 1.82) is 0 Å². The molecular formula is C16H21ClF2N2O3S. The van der Waals surface area contributed by atoms with Gasteiger partial charge in [0.05, 0.1) is 5.75 Å². The van der Waals surface area contributed by atoms with Crippen LogP contribution in [-0.2, 0) is 15.6 Å². The maximum atomic E-state index is 12.6. The number of likely N-dealkylation sites (tertiary alicyclic amines) is 1. The summed E-state index contributed by atoms with van der Waals surface area (Å²) in [7, 11) is -4.45. The van der Waals surface area contributed by atoms with Crippen molar-refractivity contribution in [2.24, 2.45) is 0 Å². The fourth-order valence-corrected chi connectivity index (χ4v) is 4.13. The predicted octanol–water partition coefficient (Wildman–Crippen LogP) is 2.21. The van der Waals surface area contributed by atoms with Gasteiger partial charge in [0.25, 0.3) is 5.91 Å². The third-order valence-corrected chi connectivity index (χ3v) is 5.93. The standard InChI is InChI=1S/C16H20F2N2O3S.ClH/c17-16(18)24(22,23)10-11-1-3-12(4-2-11)15(21)20-8-7-13-5-6-14(9-20)19-13;/h1-4,13-14,16,19H,5-10H2;1H. The average molecular weight is 395 g/mol. The molecule has 2 bridgehead atoms. The van der Waals surface area contributed by atoms with Gasteiger partial charge in [-0.15, -0.1) is 12.4 Å². The van der Waals surface area contributed by atoms with Crippen LogP contribution in [0.3, 0.4) is 0 Å². The Kier molecular flexibility index (Phi) is 6.40. The van der Waals surface area contributed by atoms with E-state index in [9.17, 15) is 22.0 Å². The molecule has 1 amide bonds. The number of fused-ring (bicyclic) bond motifs is 2. The summed E-state index contributed by atoms with van der Waals surface area (Å²) in [5, 5.41) is 3.50. The van der Waals surface area contributed by atoms with Crippen molar-refractivity contribution in [2.75, 3.05) is 13.1 Å². The number of sulfone groups is 1. The molecule has 2 aliphatic rings. The van der Waals surface area contributed by atoms with Crippen LogP contribution in [0.4, 0.5) is 8.78 Å². The van der Waals surface area contributed by atoms with E-state index in [0.717, 1.165) is 19.3 Å². The van der Waals surface area contributed by atoms with E-state index in [1.54, 1.807) is 0 Å². The zero-order valence-electron chi connectivity index (χ0n) is 13.5. The van der Waals surface area contributed by atoms with Crippen molar-refractivity contribution >= 4 is 28.2 Å². The van der Waals surface area contributed by atoms with Gasteiger partial charge < -0.3 is 10.2 Å². The van der Waals surface area contributed by atoms with Crippen LogP contribution in [0.15, 0.2) is 24.3 Å². The SMILES string of the molecule is Cl.O=C(c1ccc(CS(=O)(=O)C(F)F)cc1)N1CCC2CCC(C1)N2. The smallest absolute Gasteiger partial charge is 0.337 e. The first-order valence-electron chi connectivity index (χ1n) is 7.99. The van der Waals surface area contributed by atoms with Gasteiger partial charge in [-0.1, -0.05) is 12.1 Å². The number of benzene rings is 1.